The average Bonchev–Trinajstić information content (AvgIpc) is 3.25. The normalized spacial score (nSPS) is 14.0. The van der Waals surface area contributed by atoms with Crippen LogP contribution in [0.4, 0.5) is 0 Å². The van der Waals surface area contributed by atoms with Crippen molar-refractivity contribution in [3.8, 4) is 11.5 Å². The fourth-order valence-electron chi connectivity index (χ4n) is 2.48. The van der Waals surface area contributed by atoms with Gasteiger partial charge >= 0.3 is 0 Å². The first kappa shape index (κ1) is 16.8. The summed E-state index contributed by atoms with van der Waals surface area (Å²) in [5.41, 5.74) is 1.000. The topological polar surface area (TPSA) is 77.8 Å². The van der Waals surface area contributed by atoms with E-state index in [0.29, 0.717) is 19.8 Å². The highest BCUT2D eigenvalue weighted by Crippen LogP contribution is 2.32. The van der Waals surface area contributed by atoms with Gasteiger partial charge in [0.05, 0.1) is 25.6 Å². The molecule has 130 valence electrons. The number of fused-ring (bicyclic) bond motifs is 1. The van der Waals surface area contributed by atoms with Gasteiger partial charge in [0.25, 0.3) is 0 Å². The van der Waals surface area contributed by atoms with Gasteiger partial charge in [-0.05, 0) is 30.7 Å². The van der Waals surface area contributed by atoms with Crippen LogP contribution in [0.15, 0.2) is 36.9 Å². The number of ether oxygens (including phenoxy) is 3. The Bertz CT molecular complexity index is 618. The van der Waals surface area contributed by atoms with Gasteiger partial charge < -0.3 is 29.2 Å². The minimum absolute atomic E-state index is 0.269. The Kier molecular flexibility index (Phi) is 6.06. The third-order valence-corrected chi connectivity index (χ3v) is 3.72. The van der Waals surface area contributed by atoms with Crippen molar-refractivity contribution >= 4 is 0 Å². The fourth-order valence-corrected chi connectivity index (χ4v) is 2.48. The fraction of sp³-hybridized carbons (Fsp3) is 0.471. The Labute approximate surface area is 141 Å². The molecule has 2 aromatic rings. The number of nitrogens with one attached hydrogen (secondary N) is 1. The molecule has 0 aliphatic carbocycles. The second kappa shape index (κ2) is 8.68. The molecule has 1 aromatic heterocycles. The predicted molar refractivity (Wildman–Crippen MR) is 87.9 cm³/mol. The van der Waals surface area contributed by atoms with Gasteiger partial charge in [-0.1, -0.05) is 6.07 Å². The molecule has 0 spiro atoms. The Hall–Kier alpha value is -2.09. The predicted octanol–water partition coefficient (Wildman–Crippen LogP) is 1.17. The van der Waals surface area contributed by atoms with Crippen molar-refractivity contribution < 1.29 is 19.3 Å². The average molecular weight is 333 g/mol. The lowest BCUT2D eigenvalue weighted by molar-refractivity contribution is 0.0289. The molecule has 1 aromatic carbocycles. The Morgan fingerprint density at radius 3 is 3.12 bits per heavy atom. The number of rotatable bonds is 10. The van der Waals surface area contributed by atoms with Crippen LogP contribution in [0.3, 0.4) is 0 Å². The van der Waals surface area contributed by atoms with Crippen LogP contribution >= 0.6 is 0 Å². The van der Waals surface area contributed by atoms with Crippen LogP contribution < -0.4 is 14.8 Å². The SMILES string of the molecule is OC(CNCCCn1ccnc1)COCc1ccc2c(c1)OCO2. The third kappa shape index (κ3) is 4.95. The van der Waals surface area contributed by atoms with E-state index in [-0.39, 0.29) is 6.79 Å². The minimum atomic E-state index is -0.521. The molecule has 1 aliphatic heterocycles. The molecule has 2 heterocycles. The molecule has 0 bridgehead atoms. The van der Waals surface area contributed by atoms with Crippen molar-refractivity contribution in [2.24, 2.45) is 0 Å². The molecular formula is C17H23N3O4. The van der Waals surface area contributed by atoms with Gasteiger partial charge in [-0.15, -0.1) is 0 Å². The smallest absolute Gasteiger partial charge is 0.231 e. The summed E-state index contributed by atoms with van der Waals surface area (Å²) >= 11 is 0. The summed E-state index contributed by atoms with van der Waals surface area (Å²) in [6.45, 7) is 3.29. The number of aliphatic hydroxyl groups excluding tert-OH is 1. The molecule has 7 heteroatoms. The van der Waals surface area contributed by atoms with E-state index < -0.39 is 6.10 Å². The Morgan fingerprint density at radius 1 is 1.33 bits per heavy atom. The Balaban J connectivity index is 1.25. The second-order valence-electron chi connectivity index (χ2n) is 5.71. The monoisotopic (exact) mass is 333 g/mol. The number of imidazole rings is 1. The van der Waals surface area contributed by atoms with Crippen LogP contribution in [0, 0.1) is 0 Å². The number of aromatic nitrogens is 2. The zero-order valence-electron chi connectivity index (χ0n) is 13.6. The maximum atomic E-state index is 9.92. The third-order valence-electron chi connectivity index (χ3n) is 3.72. The number of aliphatic hydroxyl groups is 1. The van der Waals surface area contributed by atoms with Crippen LogP contribution in [0.25, 0.3) is 0 Å². The van der Waals surface area contributed by atoms with E-state index in [4.69, 9.17) is 14.2 Å². The van der Waals surface area contributed by atoms with Gasteiger partial charge in [0.1, 0.15) is 0 Å². The standard InChI is InChI=1S/C17H23N3O4/c21-15(9-18-4-1-6-20-7-5-19-12-20)11-22-10-14-2-3-16-17(8-14)24-13-23-16/h2-3,5,7-8,12,15,18,21H,1,4,6,9-11,13H2. The number of hydrogen-bond acceptors (Lipinski definition) is 6. The van der Waals surface area contributed by atoms with E-state index in [0.717, 1.165) is 36.6 Å². The van der Waals surface area contributed by atoms with Crippen molar-refractivity contribution in [1.82, 2.24) is 14.9 Å². The molecule has 24 heavy (non-hydrogen) atoms. The van der Waals surface area contributed by atoms with Gasteiger partial charge in [-0.3, -0.25) is 0 Å². The molecule has 2 N–H and O–H groups in total. The lowest BCUT2D eigenvalue weighted by Gasteiger charge is -2.12. The molecule has 0 saturated carbocycles. The van der Waals surface area contributed by atoms with Crippen molar-refractivity contribution in [2.75, 3.05) is 26.5 Å². The molecule has 7 nitrogen and oxygen atoms in total. The van der Waals surface area contributed by atoms with Gasteiger partial charge in [-0.25, -0.2) is 4.98 Å². The lowest BCUT2D eigenvalue weighted by atomic mass is 10.2. The largest absolute Gasteiger partial charge is 0.454 e. The highest BCUT2D eigenvalue weighted by molar-refractivity contribution is 5.44. The molecular weight excluding hydrogens is 310 g/mol. The van der Waals surface area contributed by atoms with Crippen molar-refractivity contribution in [2.45, 2.75) is 25.7 Å². The Morgan fingerprint density at radius 2 is 2.25 bits per heavy atom. The number of nitrogens with zero attached hydrogens (tertiary/aromatic N) is 2. The summed E-state index contributed by atoms with van der Waals surface area (Å²) < 4.78 is 18.2. The van der Waals surface area contributed by atoms with Crippen molar-refractivity contribution in [1.29, 1.82) is 0 Å². The summed E-state index contributed by atoms with van der Waals surface area (Å²) in [6, 6.07) is 5.72. The maximum Gasteiger partial charge on any atom is 0.231 e. The summed E-state index contributed by atoms with van der Waals surface area (Å²) in [6.07, 6.45) is 5.99. The van der Waals surface area contributed by atoms with Crippen LogP contribution in [0.1, 0.15) is 12.0 Å². The van der Waals surface area contributed by atoms with Crippen molar-refractivity contribution in [3.05, 3.63) is 42.5 Å². The molecule has 1 unspecified atom stereocenters. The maximum absolute atomic E-state index is 9.92. The highest BCUT2D eigenvalue weighted by atomic mass is 16.7. The van der Waals surface area contributed by atoms with Crippen LogP contribution in [0.5, 0.6) is 11.5 Å². The summed E-state index contributed by atoms with van der Waals surface area (Å²) in [5, 5.41) is 13.1. The van der Waals surface area contributed by atoms with E-state index in [1.807, 2.05) is 29.0 Å². The first-order chi connectivity index (χ1) is 11.8. The first-order valence-electron chi connectivity index (χ1n) is 8.12. The van der Waals surface area contributed by atoms with E-state index in [2.05, 4.69) is 10.3 Å². The van der Waals surface area contributed by atoms with Crippen LogP contribution in [-0.4, -0.2) is 47.3 Å². The van der Waals surface area contributed by atoms with Gasteiger partial charge in [-0.2, -0.15) is 0 Å². The minimum Gasteiger partial charge on any atom is -0.454 e. The first-order valence-corrected chi connectivity index (χ1v) is 8.12. The summed E-state index contributed by atoms with van der Waals surface area (Å²) in [7, 11) is 0. The van der Waals surface area contributed by atoms with Crippen LogP contribution in [0.2, 0.25) is 0 Å². The molecule has 3 rings (SSSR count). The van der Waals surface area contributed by atoms with E-state index in [1.54, 1.807) is 12.5 Å². The van der Waals surface area contributed by atoms with E-state index in [1.165, 1.54) is 0 Å². The molecule has 0 amide bonds. The number of benzene rings is 1. The van der Waals surface area contributed by atoms with Gasteiger partial charge in [0.2, 0.25) is 6.79 Å². The van der Waals surface area contributed by atoms with Gasteiger partial charge in [0, 0.05) is 25.5 Å². The lowest BCUT2D eigenvalue weighted by Crippen LogP contribution is -2.31. The second-order valence-corrected chi connectivity index (χ2v) is 5.71. The summed E-state index contributed by atoms with van der Waals surface area (Å²) in [5.74, 6) is 1.51. The zero-order chi connectivity index (χ0) is 16.6. The zero-order valence-corrected chi connectivity index (χ0v) is 13.6. The molecule has 1 aliphatic rings. The summed E-state index contributed by atoms with van der Waals surface area (Å²) in [4.78, 5) is 4.00. The number of hydrogen-bond donors (Lipinski definition) is 2. The molecule has 0 radical (unpaired) electrons. The molecule has 1 atom stereocenters. The molecule has 0 fully saturated rings. The molecule has 0 saturated heterocycles. The van der Waals surface area contributed by atoms with Crippen LogP contribution in [-0.2, 0) is 17.9 Å². The number of aryl methyl sites for hydroxylation is 1. The van der Waals surface area contributed by atoms with E-state index >= 15 is 0 Å². The quantitative estimate of drug-likeness (QED) is 0.636. The van der Waals surface area contributed by atoms with Gasteiger partial charge in [0.15, 0.2) is 11.5 Å². The highest BCUT2D eigenvalue weighted by Gasteiger charge is 2.13. The van der Waals surface area contributed by atoms with E-state index in [9.17, 15) is 5.11 Å². The van der Waals surface area contributed by atoms with Crippen molar-refractivity contribution in [3.63, 3.8) is 0 Å².